The van der Waals surface area contributed by atoms with E-state index < -0.39 is 0 Å². The number of rotatable bonds is 0. The molecule has 0 bridgehead atoms. The first-order valence-corrected chi connectivity index (χ1v) is 5.70. The second-order valence-electron chi connectivity index (χ2n) is 3.95. The summed E-state index contributed by atoms with van der Waals surface area (Å²) >= 11 is 0. The Morgan fingerprint density at radius 1 is 0.789 bits per heavy atom. The number of hydrogen-bond donors (Lipinski definition) is 3. The highest BCUT2D eigenvalue weighted by Crippen LogP contribution is 2.14. The van der Waals surface area contributed by atoms with E-state index in [4.69, 9.17) is 10.2 Å². The zero-order valence-corrected chi connectivity index (χ0v) is 10.1. The van der Waals surface area contributed by atoms with Crippen LogP contribution in [0.25, 0.3) is 10.8 Å². The number of aromatic nitrogens is 1. The lowest BCUT2D eigenvalue weighted by atomic mass is 10.2. The molecule has 0 amide bonds. The Labute approximate surface area is 109 Å². The summed E-state index contributed by atoms with van der Waals surface area (Å²) < 4.78 is 0. The van der Waals surface area contributed by atoms with Gasteiger partial charge >= 0.3 is 0 Å². The molecule has 0 atom stereocenters. The van der Waals surface area contributed by atoms with Gasteiger partial charge in [0.25, 0.3) is 0 Å². The Kier molecular flexibility index (Phi) is 3.83. The maximum absolute atomic E-state index is 10.8. The third-order valence-corrected chi connectivity index (χ3v) is 2.48. The molecule has 3 N–H and O–H groups in total. The summed E-state index contributed by atoms with van der Waals surface area (Å²) in [7, 11) is 0. The maximum atomic E-state index is 10.8. The van der Waals surface area contributed by atoms with Gasteiger partial charge in [0.05, 0.1) is 0 Å². The molecule has 19 heavy (non-hydrogen) atoms. The average molecular weight is 255 g/mol. The van der Waals surface area contributed by atoms with E-state index in [1.54, 1.807) is 18.3 Å². The van der Waals surface area contributed by atoms with Crippen molar-refractivity contribution in [2.45, 2.75) is 0 Å². The van der Waals surface area contributed by atoms with Crippen LogP contribution in [0.4, 0.5) is 0 Å². The smallest absolute Gasteiger partial charge is 0.248 e. The number of aromatic hydroxyl groups is 2. The number of phenols is 2. The van der Waals surface area contributed by atoms with Crippen LogP contribution in [0.2, 0.25) is 0 Å². The minimum Gasteiger partial charge on any atom is -0.508 e. The summed E-state index contributed by atoms with van der Waals surface area (Å²) in [4.78, 5) is 13.4. The minimum absolute atomic E-state index is 0.0521. The SMILES string of the molecule is O=c1cc2ccccc2c[nH]1.Oc1cccc(O)c1. The number of pyridine rings is 1. The molecule has 0 fully saturated rings. The number of aromatic amines is 1. The van der Waals surface area contributed by atoms with E-state index in [1.165, 1.54) is 18.2 Å². The van der Waals surface area contributed by atoms with Crippen LogP contribution in [0, 0.1) is 0 Å². The standard InChI is InChI=1S/C9H7NO.C6H6O2/c11-9-5-7-3-1-2-4-8(7)6-10-9;7-5-2-1-3-6(8)4-5/h1-6H,(H,10,11);1-4,7-8H. The Morgan fingerprint density at radius 3 is 2.00 bits per heavy atom. The van der Waals surface area contributed by atoms with Crippen molar-refractivity contribution in [2.24, 2.45) is 0 Å². The summed E-state index contributed by atoms with van der Waals surface area (Å²) in [6.07, 6.45) is 1.72. The van der Waals surface area contributed by atoms with Crippen LogP contribution in [0.3, 0.4) is 0 Å². The zero-order valence-electron chi connectivity index (χ0n) is 10.1. The number of nitrogens with one attached hydrogen (secondary N) is 1. The van der Waals surface area contributed by atoms with Gasteiger partial charge in [-0.2, -0.15) is 0 Å². The van der Waals surface area contributed by atoms with E-state index in [0.29, 0.717) is 0 Å². The van der Waals surface area contributed by atoms with Crippen LogP contribution in [-0.2, 0) is 0 Å². The molecule has 3 aromatic rings. The van der Waals surface area contributed by atoms with Crippen molar-refractivity contribution in [3.8, 4) is 11.5 Å². The first-order valence-electron chi connectivity index (χ1n) is 5.70. The number of phenolic OH excluding ortho intramolecular Hbond substituents is 2. The van der Waals surface area contributed by atoms with Gasteiger partial charge < -0.3 is 15.2 Å². The molecular formula is C15H13NO3. The van der Waals surface area contributed by atoms with Gasteiger partial charge in [0.1, 0.15) is 11.5 Å². The quantitative estimate of drug-likeness (QED) is 0.578. The van der Waals surface area contributed by atoms with Crippen LogP contribution < -0.4 is 5.56 Å². The molecule has 2 aromatic carbocycles. The molecule has 4 heteroatoms. The fraction of sp³-hybridized carbons (Fsp3) is 0. The van der Waals surface area contributed by atoms with Crippen molar-refractivity contribution in [3.63, 3.8) is 0 Å². The van der Waals surface area contributed by atoms with Crippen LogP contribution in [-0.4, -0.2) is 15.2 Å². The van der Waals surface area contributed by atoms with E-state index in [1.807, 2.05) is 24.3 Å². The second-order valence-corrected chi connectivity index (χ2v) is 3.95. The lowest BCUT2D eigenvalue weighted by Crippen LogP contribution is -2.00. The molecule has 0 aliphatic heterocycles. The number of fused-ring (bicyclic) bond motifs is 1. The van der Waals surface area contributed by atoms with Gasteiger partial charge in [-0.15, -0.1) is 0 Å². The van der Waals surface area contributed by atoms with E-state index in [2.05, 4.69) is 4.98 Å². The van der Waals surface area contributed by atoms with Gasteiger partial charge in [0.2, 0.25) is 5.56 Å². The van der Waals surface area contributed by atoms with Gasteiger partial charge in [-0.1, -0.05) is 30.3 Å². The summed E-state index contributed by atoms with van der Waals surface area (Å²) in [6.45, 7) is 0. The predicted molar refractivity (Wildman–Crippen MR) is 74.3 cm³/mol. The third kappa shape index (κ3) is 3.61. The van der Waals surface area contributed by atoms with E-state index in [9.17, 15) is 4.79 Å². The van der Waals surface area contributed by atoms with Gasteiger partial charge in [-0.25, -0.2) is 0 Å². The summed E-state index contributed by atoms with van der Waals surface area (Å²) in [5.41, 5.74) is -0.0521. The summed E-state index contributed by atoms with van der Waals surface area (Å²) in [6, 6.07) is 15.2. The average Bonchev–Trinajstić information content (AvgIpc) is 2.39. The van der Waals surface area contributed by atoms with E-state index in [0.717, 1.165) is 10.8 Å². The Bertz CT molecular complexity index is 717. The zero-order chi connectivity index (χ0) is 13.7. The molecule has 1 heterocycles. The molecule has 0 spiro atoms. The molecule has 0 radical (unpaired) electrons. The highest BCUT2D eigenvalue weighted by atomic mass is 16.3. The Balaban J connectivity index is 0.000000148. The Hall–Kier alpha value is -2.75. The van der Waals surface area contributed by atoms with Gasteiger partial charge in [-0.05, 0) is 22.9 Å². The molecule has 1 aromatic heterocycles. The normalized spacial score (nSPS) is 9.68. The molecule has 0 aliphatic rings. The van der Waals surface area contributed by atoms with Crippen molar-refractivity contribution in [3.05, 3.63) is 71.1 Å². The van der Waals surface area contributed by atoms with Crippen molar-refractivity contribution in [1.82, 2.24) is 4.98 Å². The number of benzene rings is 2. The maximum Gasteiger partial charge on any atom is 0.248 e. The molecule has 0 aliphatic carbocycles. The van der Waals surface area contributed by atoms with Gasteiger partial charge in [0.15, 0.2) is 0 Å². The van der Waals surface area contributed by atoms with Crippen molar-refractivity contribution >= 4 is 10.8 Å². The first kappa shape index (κ1) is 12.7. The van der Waals surface area contributed by atoms with Gasteiger partial charge in [-0.3, -0.25) is 4.79 Å². The second kappa shape index (κ2) is 5.73. The highest BCUT2D eigenvalue weighted by Gasteiger charge is 1.89. The molecular weight excluding hydrogens is 242 g/mol. The molecule has 0 unspecified atom stereocenters. The topological polar surface area (TPSA) is 73.3 Å². The Morgan fingerprint density at radius 2 is 1.42 bits per heavy atom. The first-order chi connectivity index (χ1) is 9.15. The van der Waals surface area contributed by atoms with Crippen molar-refractivity contribution in [2.75, 3.05) is 0 Å². The van der Waals surface area contributed by atoms with Gasteiger partial charge in [0, 0.05) is 18.3 Å². The van der Waals surface area contributed by atoms with Crippen LogP contribution in [0.15, 0.2) is 65.6 Å². The molecule has 0 saturated heterocycles. The molecule has 96 valence electrons. The van der Waals surface area contributed by atoms with Crippen LogP contribution in [0.1, 0.15) is 0 Å². The lowest BCUT2D eigenvalue weighted by Gasteiger charge is -1.92. The predicted octanol–water partition coefficient (Wildman–Crippen LogP) is 2.63. The number of hydrogen-bond acceptors (Lipinski definition) is 3. The largest absolute Gasteiger partial charge is 0.508 e. The lowest BCUT2D eigenvalue weighted by molar-refractivity contribution is 0.450. The highest BCUT2D eigenvalue weighted by molar-refractivity contribution is 5.80. The summed E-state index contributed by atoms with van der Waals surface area (Å²) in [5, 5.41) is 19.4. The van der Waals surface area contributed by atoms with Crippen LogP contribution >= 0.6 is 0 Å². The molecule has 4 nitrogen and oxygen atoms in total. The van der Waals surface area contributed by atoms with E-state index in [-0.39, 0.29) is 17.1 Å². The van der Waals surface area contributed by atoms with Crippen LogP contribution in [0.5, 0.6) is 11.5 Å². The molecule has 3 rings (SSSR count). The van der Waals surface area contributed by atoms with Crippen molar-refractivity contribution < 1.29 is 10.2 Å². The fourth-order valence-electron chi connectivity index (χ4n) is 1.60. The number of H-pyrrole nitrogens is 1. The summed E-state index contributed by atoms with van der Waals surface area (Å²) in [5.74, 6) is 0.176. The fourth-order valence-corrected chi connectivity index (χ4v) is 1.60. The monoisotopic (exact) mass is 255 g/mol. The van der Waals surface area contributed by atoms with Crippen molar-refractivity contribution in [1.29, 1.82) is 0 Å². The third-order valence-electron chi connectivity index (χ3n) is 2.48. The molecule has 0 saturated carbocycles. The van der Waals surface area contributed by atoms with E-state index >= 15 is 0 Å². The minimum atomic E-state index is -0.0521.